The first-order valence-electron chi connectivity index (χ1n) is 10.6. The van der Waals surface area contributed by atoms with Crippen molar-refractivity contribution in [2.24, 2.45) is 0 Å². The molecule has 1 aromatic carbocycles. The van der Waals surface area contributed by atoms with Crippen LogP contribution >= 0.6 is 0 Å². The summed E-state index contributed by atoms with van der Waals surface area (Å²) in [7, 11) is 0. The van der Waals surface area contributed by atoms with E-state index in [1.54, 1.807) is 10.7 Å². The van der Waals surface area contributed by atoms with Crippen molar-refractivity contribution in [3.63, 3.8) is 0 Å². The molecule has 1 atom stereocenters. The van der Waals surface area contributed by atoms with Gasteiger partial charge in [-0.1, -0.05) is 0 Å². The smallest absolute Gasteiger partial charge is 0.187 e. The summed E-state index contributed by atoms with van der Waals surface area (Å²) >= 11 is 0. The Hall–Kier alpha value is -3.06. The Labute approximate surface area is 175 Å². The van der Waals surface area contributed by atoms with Gasteiger partial charge in [0, 0.05) is 41.3 Å². The average molecular weight is 403 g/mol. The molecule has 3 aromatic heterocycles. The lowest BCUT2D eigenvalue weighted by atomic mass is 10.1. The van der Waals surface area contributed by atoms with Gasteiger partial charge in [-0.15, -0.1) is 10.2 Å². The van der Waals surface area contributed by atoms with Crippen molar-refractivity contribution in [1.82, 2.24) is 29.7 Å². The number of likely N-dealkylation sites (tertiary alicyclic amines) is 1. The predicted molar refractivity (Wildman–Crippen MR) is 117 cm³/mol. The first-order chi connectivity index (χ1) is 14.7. The Kier molecular flexibility index (Phi) is 5.04. The van der Waals surface area contributed by atoms with E-state index in [4.69, 9.17) is 9.84 Å². The minimum Gasteiger partial charge on any atom is -0.494 e. The van der Waals surface area contributed by atoms with Gasteiger partial charge in [0.2, 0.25) is 0 Å². The molecule has 30 heavy (non-hydrogen) atoms. The number of benzene rings is 1. The highest BCUT2D eigenvalue weighted by molar-refractivity contribution is 6.00. The number of rotatable bonds is 6. The van der Waals surface area contributed by atoms with Crippen LogP contribution in [0.5, 0.6) is 5.75 Å². The molecule has 0 amide bonds. The molecule has 0 unspecified atom stereocenters. The maximum atomic E-state index is 5.97. The third kappa shape index (κ3) is 3.50. The fourth-order valence-electron chi connectivity index (χ4n) is 4.28. The van der Waals surface area contributed by atoms with Crippen molar-refractivity contribution < 1.29 is 4.74 Å². The summed E-state index contributed by atoms with van der Waals surface area (Å²) in [4.78, 5) is 6.82. The maximum Gasteiger partial charge on any atom is 0.187 e. The van der Waals surface area contributed by atoms with Crippen LogP contribution in [0.3, 0.4) is 0 Å². The van der Waals surface area contributed by atoms with Gasteiger partial charge in [0.05, 0.1) is 12.3 Å². The predicted octanol–water partition coefficient (Wildman–Crippen LogP) is 3.90. The SMILES string of the molecule is Cc1nnc2c3cnccc3c(-c3ccc(OCCCN4CCC[C@H]4C)cc3)nn12. The van der Waals surface area contributed by atoms with Gasteiger partial charge in [0.15, 0.2) is 11.5 Å². The van der Waals surface area contributed by atoms with Gasteiger partial charge in [-0.3, -0.25) is 4.98 Å². The lowest BCUT2D eigenvalue weighted by molar-refractivity contribution is 0.230. The third-order valence-corrected chi connectivity index (χ3v) is 5.99. The highest BCUT2D eigenvalue weighted by atomic mass is 16.5. The fourth-order valence-corrected chi connectivity index (χ4v) is 4.28. The van der Waals surface area contributed by atoms with Crippen molar-refractivity contribution in [1.29, 1.82) is 0 Å². The van der Waals surface area contributed by atoms with Crippen LogP contribution in [0.25, 0.3) is 27.7 Å². The van der Waals surface area contributed by atoms with Gasteiger partial charge in [-0.25, -0.2) is 0 Å². The summed E-state index contributed by atoms with van der Waals surface area (Å²) < 4.78 is 7.75. The van der Waals surface area contributed by atoms with Crippen LogP contribution < -0.4 is 4.74 Å². The minimum atomic E-state index is 0.716. The van der Waals surface area contributed by atoms with Gasteiger partial charge >= 0.3 is 0 Å². The quantitative estimate of drug-likeness (QED) is 0.456. The van der Waals surface area contributed by atoms with E-state index in [0.29, 0.717) is 6.04 Å². The summed E-state index contributed by atoms with van der Waals surface area (Å²) in [6.45, 7) is 7.29. The summed E-state index contributed by atoms with van der Waals surface area (Å²) in [5.41, 5.74) is 2.64. The van der Waals surface area contributed by atoms with Gasteiger partial charge in [-0.05, 0) is 70.0 Å². The minimum absolute atomic E-state index is 0.716. The third-order valence-electron chi connectivity index (χ3n) is 5.99. The Morgan fingerprint density at radius 1 is 1.10 bits per heavy atom. The second-order valence-electron chi connectivity index (χ2n) is 8.01. The lowest BCUT2D eigenvalue weighted by Crippen LogP contribution is -2.28. The number of hydrogen-bond donors (Lipinski definition) is 0. The number of fused-ring (bicyclic) bond motifs is 3. The van der Waals surface area contributed by atoms with E-state index >= 15 is 0 Å². The van der Waals surface area contributed by atoms with Gasteiger partial charge in [-0.2, -0.15) is 9.61 Å². The molecule has 4 heterocycles. The first kappa shape index (κ1) is 18.9. The molecule has 4 aromatic rings. The number of nitrogens with zero attached hydrogens (tertiary/aromatic N) is 6. The lowest BCUT2D eigenvalue weighted by Gasteiger charge is -2.20. The van der Waals surface area contributed by atoms with Gasteiger partial charge in [0.1, 0.15) is 5.75 Å². The molecule has 154 valence electrons. The molecule has 5 rings (SSSR count). The van der Waals surface area contributed by atoms with Gasteiger partial charge in [0.25, 0.3) is 0 Å². The molecule has 1 aliphatic heterocycles. The van der Waals surface area contributed by atoms with E-state index in [1.165, 1.54) is 19.4 Å². The topological polar surface area (TPSA) is 68.4 Å². The van der Waals surface area contributed by atoms with Crippen LogP contribution in [0.1, 0.15) is 32.0 Å². The molecule has 7 heteroatoms. The van der Waals surface area contributed by atoms with Crippen LogP contribution in [0.4, 0.5) is 0 Å². The molecule has 0 spiro atoms. The van der Waals surface area contributed by atoms with Crippen LogP contribution in [-0.4, -0.2) is 55.4 Å². The normalized spacial score (nSPS) is 17.2. The molecular weight excluding hydrogens is 376 g/mol. The molecule has 1 saturated heterocycles. The van der Waals surface area contributed by atoms with E-state index in [0.717, 1.165) is 58.8 Å². The largest absolute Gasteiger partial charge is 0.494 e. The van der Waals surface area contributed by atoms with E-state index < -0.39 is 0 Å². The number of hydrogen-bond acceptors (Lipinski definition) is 6. The van der Waals surface area contributed by atoms with E-state index in [2.05, 4.69) is 39.1 Å². The molecule has 0 N–H and O–H groups in total. The Bertz CT molecular complexity index is 1170. The maximum absolute atomic E-state index is 5.97. The molecule has 0 bridgehead atoms. The number of aryl methyl sites for hydroxylation is 1. The summed E-state index contributed by atoms with van der Waals surface area (Å²) in [5.74, 6) is 1.64. The highest BCUT2D eigenvalue weighted by Gasteiger charge is 2.19. The van der Waals surface area contributed by atoms with E-state index in [9.17, 15) is 0 Å². The van der Waals surface area contributed by atoms with Crippen molar-refractivity contribution >= 4 is 16.4 Å². The average Bonchev–Trinajstić information content (AvgIpc) is 3.36. The zero-order valence-corrected chi connectivity index (χ0v) is 17.5. The molecule has 7 nitrogen and oxygen atoms in total. The summed E-state index contributed by atoms with van der Waals surface area (Å²) in [5, 5.41) is 15.2. The zero-order valence-electron chi connectivity index (χ0n) is 17.5. The fraction of sp³-hybridized carbons (Fsp3) is 0.391. The van der Waals surface area contributed by atoms with Crippen LogP contribution in [0.2, 0.25) is 0 Å². The Morgan fingerprint density at radius 2 is 1.97 bits per heavy atom. The van der Waals surface area contributed by atoms with Crippen molar-refractivity contribution in [3.05, 3.63) is 48.5 Å². The molecule has 1 fully saturated rings. The van der Waals surface area contributed by atoms with Crippen LogP contribution in [0.15, 0.2) is 42.7 Å². The molecule has 0 aliphatic carbocycles. The first-order valence-corrected chi connectivity index (χ1v) is 10.6. The molecule has 0 saturated carbocycles. The number of aromatic nitrogens is 5. The van der Waals surface area contributed by atoms with Crippen molar-refractivity contribution in [2.75, 3.05) is 19.7 Å². The molecule has 1 aliphatic rings. The van der Waals surface area contributed by atoms with E-state index in [-0.39, 0.29) is 0 Å². The van der Waals surface area contributed by atoms with Crippen LogP contribution in [0, 0.1) is 6.92 Å². The number of ether oxygens (including phenoxy) is 1. The summed E-state index contributed by atoms with van der Waals surface area (Å²) in [6, 6.07) is 10.9. The summed E-state index contributed by atoms with van der Waals surface area (Å²) in [6.07, 6.45) is 7.30. The zero-order chi connectivity index (χ0) is 20.5. The number of pyridine rings is 1. The van der Waals surface area contributed by atoms with Crippen molar-refractivity contribution in [2.45, 2.75) is 39.2 Å². The highest BCUT2D eigenvalue weighted by Crippen LogP contribution is 2.29. The monoisotopic (exact) mass is 402 g/mol. The van der Waals surface area contributed by atoms with Crippen molar-refractivity contribution in [3.8, 4) is 17.0 Å². The second kappa shape index (κ2) is 7.99. The van der Waals surface area contributed by atoms with E-state index in [1.807, 2.05) is 31.3 Å². The standard InChI is InChI=1S/C23H26N6O/c1-16-5-3-12-28(16)13-4-14-30-19-8-6-18(7-9-19)22-20-10-11-24-15-21(20)23-26-25-17(2)29(23)27-22/h6-11,15-16H,3-5,12-14H2,1-2H3/t16-/m1/s1. The second-order valence-corrected chi connectivity index (χ2v) is 8.01. The van der Waals surface area contributed by atoms with Crippen LogP contribution in [-0.2, 0) is 0 Å². The molecule has 0 radical (unpaired) electrons. The Balaban J connectivity index is 1.34. The molecular formula is C23H26N6O. The Morgan fingerprint density at radius 3 is 2.77 bits per heavy atom. The van der Waals surface area contributed by atoms with Gasteiger partial charge < -0.3 is 9.64 Å².